The lowest BCUT2D eigenvalue weighted by atomic mass is 10.1. The maximum atomic E-state index is 13.3. The summed E-state index contributed by atoms with van der Waals surface area (Å²) in [6.45, 7) is 3.87. The summed E-state index contributed by atoms with van der Waals surface area (Å²) in [6.07, 6.45) is 2.87. The largest absolute Gasteiger partial charge is 0.497 e. The molecule has 0 saturated heterocycles. The molecule has 0 aliphatic heterocycles. The Morgan fingerprint density at radius 1 is 1.03 bits per heavy atom. The van der Waals surface area contributed by atoms with E-state index in [-0.39, 0.29) is 5.91 Å². The molecule has 3 rings (SSSR count). The monoisotopic (exact) mass is 426 g/mol. The SMILES string of the molecule is CCCN(Cc1cccn1Cc1ccccc1Cl)C(=O)c1cc(OC)cc(OC)c1. The van der Waals surface area contributed by atoms with Gasteiger partial charge in [0.2, 0.25) is 0 Å². The van der Waals surface area contributed by atoms with E-state index in [2.05, 4.69) is 11.5 Å². The molecule has 0 spiro atoms. The number of aromatic nitrogens is 1. The number of nitrogens with zero attached hydrogens (tertiary/aromatic N) is 2. The molecule has 158 valence electrons. The molecule has 0 radical (unpaired) electrons. The number of carbonyl (C=O) groups excluding carboxylic acids is 1. The quantitative estimate of drug-likeness (QED) is 0.468. The number of carbonyl (C=O) groups is 1. The Balaban J connectivity index is 1.84. The van der Waals surface area contributed by atoms with Crippen LogP contribution in [-0.2, 0) is 13.1 Å². The summed E-state index contributed by atoms with van der Waals surface area (Å²) in [5, 5.41) is 0.738. The highest BCUT2D eigenvalue weighted by atomic mass is 35.5. The maximum absolute atomic E-state index is 13.3. The number of benzene rings is 2. The van der Waals surface area contributed by atoms with E-state index in [1.165, 1.54) is 0 Å². The Morgan fingerprint density at radius 3 is 2.37 bits per heavy atom. The zero-order valence-electron chi connectivity index (χ0n) is 17.6. The van der Waals surface area contributed by atoms with E-state index in [0.717, 1.165) is 22.7 Å². The van der Waals surface area contributed by atoms with Crippen LogP contribution in [0.1, 0.15) is 35.0 Å². The maximum Gasteiger partial charge on any atom is 0.254 e. The lowest BCUT2D eigenvalue weighted by molar-refractivity contribution is 0.0739. The second-order valence-corrected chi connectivity index (χ2v) is 7.45. The zero-order chi connectivity index (χ0) is 21.5. The predicted octanol–water partition coefficient (Wildman–Crippen LogP) is 5.26. The zero-order valence-corrected chi connectivity index (χ0v) is 18.4. The number of methoxy groups -OCH3 is 2. The minimum absolute atomic E-state index is 0.0560. The molecule has 0 aliphatic carbocycles. The van der Waals surface area contributed by atoms with Gasteiger partial charge in [0.05, 0.1) is 20.8 Å². The lowest BCUT2D eigenvalue weighted by Crippen LogP contribution is -2.32. The Hall–Kier alpha value is -2.92. The van der Waals surface area contributed by atoms with Gasteiger partial charge in [0.15, 0.2) is 0 Å². The summed E-state index contributed by atoms with van der Waals surface area (Å²) >= 11 is 6.33. The average Bonchev–Trinajstić information content (AvgIpc) is 3.20. The van der Waals surface area contributed by atoms with Crippen LogP contribution in [0.3, 0.4) is 0 Å². The minimum Gasteiger partial charge on any atom is -0.497 e. The molecule has 6 heteroatoms. The van der Waals surface area contributed by atoms with Crippen LogP contribution >= 0.6 is 11.6 Å². The van der Waals surface area contributed by atoms with Crippen molar-refractivity contribution in [3.8, 4) is 11.5 Å². The molecule has 0 aliphatic rings. The second-order valence-electron chi connectivity index (χ2n) is 7.05. The van der Waals surface area contributed by atoms with Crippen LogP contribution in [0.5, 0.6) is 11.5 Å². The third kappa shape index (κ3) is 5.16. The number of halogens is 1. The summed E-state index contributed by atoms with van der Waals surface area (Å²) in [6, 6.07) is 17.1. The van der Waals surface area contributed by atoms with Gasteiger partial charge in [-0.05, 0) is 42.3 Å². The van der Waals surface area contributed by atoms with E-state index in [1.807, 2.05) is 47.5 Å². The lowest BCUT2D eigenvalue weighted by Gasteiger charge is -2.24. The van der Waals surface area contributed by atoms with Crippen molar-refractivity contribution >= 4 is 17.5 Å². The number of rotatable bonds is 9. The van der Waals surface area contributed by atoms with E-state index in [9.17, 15) is 4.79 Å². The van der Waals surface area contributed by atoms with Crippen molar-refractivity contribution in [1.29, 1.82) is 0 Å². The fourth-order valence-corrected chi connectivity index (χ4v) is 3.58. The highest BCUT2D eigenvalue weighted by Gasteiger charge is 2.19. The molecule has 0 fully saturated rings. The van der Waals surface area contributed by atoms with Crippen LogP contribution in [0.15, 0.2) is 60.8 Å². The van der Waals surface area contributed by atoms with Crippen LogP contribution in [0, 0.1) is 0 Å². The smallest absolute Gasteiger partial charge is 0.254 e. The molecule has 1 heterocycles. The molecule has 5 nitrogen and oxygen atoms in total. The molecule has 0 atom stereocenters. The van der Waals surface area contributed by atoms with Crippen LogP contribution in [0.4, 0.5) is 0 Å². The van der Waals surface area contributed by atoms with Gasteiger partial charge in [-0.2, -0.15) is 0 Å². The van der Waals surface area contributed by atoms with E-state index in [4.69, 9.17) is 21.1 Å². The molecule has 30 heavy (non-hydrogen) atoms. The molecule has 0 bridgehead atoms. The van der Waals surface area contributed by atoms with Crippen molar-refractivity contribution in [1.82, 2.24) is 9.47 Å². The molecule has 3 aromatic rings. The fraction of sp³-hybridized carbons (Fsp3) is 0.292. The summed E-state index contributed by atoms with van der Waals surface area (Å²) in [7, 11) is 3.16. The fourth-order valence-electron chi connectivity index (χ4n) is 3.39. The first-order valence-electron chi connectivity index (χ1n) is 9.95. The van der Waals surface area contributed by atoms with Gasteiger partial charge in [-0.3, -0.25) is 4.79 Å². The van der Waals surface area contributed by atoms with Crippen LogP contribution in [0.2, 0.25) is 5.02 Å². The highest BCUT2D eigenvalue weighted by Crippen LogP contribution is 2.24. The molecular formula is C24H27ClN2O3. The summed E-state index contributed by atoms with van der Waals surface area (Å²) in [5.74, 6) is 1.13. The number of hydrogen-bond donors (Lipinski definition) is 0. The van der Waals surface area contributed by atoms with Crippen molar-refractivity contribution < 1.29 is 14.3 Å². The predicted molar refractivity (Wildman–Crippen MR) is 120 cm³/mol. The minimum atomic E-state index is -0.0560. The third-order valence-electron chi connectivity index (χ3n) is 4.95. The number of hydrogen-bond acceptors (Lipinski definition) is 3. The Morgan fingerprint density at radius 2 is 1.73 bits per heavy atom. The van der Waals surface area contributed by atoms with Crippen molar-refractivity contribution in [2.45, 2.75) is 26.4 Å². The summed E-state index contributed by atoms with van der Waals surface area (Å²) in [4.78, 5) is 15.2. The van der Waals surface area contributed by atoms with E-state index in [1.54, 1.807) is 32.4 Å². The van der Waals surface area contributed by atoms with Gasteiger partial charge < -0.3 is 18.9 Å². The van der Waals surface area contributed by atoms with Gasteiger partial charge in [-0.25, -0.2) is 0 Å². The Bertz CT molecular complexity index is 977. The summed E-state index contributed by atoms with van der Waals surface area (Å²) in [5.41, 5.74) is 2.64. The van der Waals surface area contributed by atoms with Gasteiger partial charge in [0.1, 0.15) is 11.5 Å². The van der Waals surface area contributed by atoms with Gasteiger partial charge in [-0.15, -0.1) is 0 Å². The molecular weight excluding hydrogens is 400 g/mol. The normalized spacial score (nSPS) is 10.7. The number of amides is 1. The molecule has 2 aromatic carbocycles. The van der Waals surface area contributed by atoms with Gasteiger partial charge >= 0.3 is 0 Å². The number of ether oxygens (including phenoxy) is 2. The van der Waals surface area contributed by atoms with Gasteiger partial charge in [-0.1, -0.05) is 36.7 Å². The second kappa shape index (κ2) is 10.2. The van der Waals surface area contributed by atoms with Gasteiger partial charge in [0, 0.05) is 41.6 Å². The molecule has 0 N–H and O–H groups in total. The van der Waals surface area contributed by atoms with Crippen LogP contribution < -0.4 is 9.47 Å². The average molecular weight is 427 g/mol. The van der Waals surface area contributed by atoms with Crippen LogP contribution in [0.25, 0.3) is 0 Å². The van der Waals surface area contributed by atoms with Gasteiger partial charge in [0.25, 0.3) is 5.91 Å². The van der Waals surface area contributed by atoms with E-state index in [0.29, 0.717) is 36.7 Å². The van der Waals surface area contributed by atoms with Crippen molar-refractivity contribution in [2.24, 2.45) is 0 Å². The topological polar surface area (TPSA) is 43.7 Å². The van der Waals surface area contributed by atoms with Crippen LogP contribution in [-0.4, -0.2) is 36.1 Å². The molecule has 0 unspecified atom stereocenters. The molecule has 0 saturated carbocycles. The summed E-state index contributed by atoms with van der Waals surface area (Å²) < 4.78 is 12.8. The highest BCUT2D eigenvalue weighted by molar-refractivity contribution is 6.31. The molecule has 1 aromatic heterocycles. The van der Waals surface area contributed by atoms with E-state index >= 15 is 0 Å². The van der Waals surface area contributed by atoms with Crippen molar-refractivity contribution in [3.63, 3.8) is 0 Å². The first-order chi connectivity index (χ1) is 14.5. The third-order valence-corrected chi connectivity index (χ3v) is 5.32. The molecule has 1 amide bonds. The van der Waals surface area contributed by atoms with E-state index < -0.39 is 0 Å². The Kier molecular flexibility index (Phi) is 7.41. The standard InChI is InChI=1S/C24H27ClN2O3/c1-4-11-27(24(28)19-13-21(29-2)15-22(14-19)30-3)17-20-9-7-12-26(20)16-18-8-5-6-10-23(18)25/h5-10,12-15H,4,11,16-17H2,1-3H3. The first-order valence-corrected chi connectivity index (χ1v) is 10.3. The Labute approximate surface area is 182 Å². The van der Waals surface area contributed by atoms with Crippen molar-refractivity contribution in [2.75, 3.05) is 20.8 Å². The van der Waals surface area contributed by atoms with Crippen molar-refractivity contribution in [3.05, 3.63) is 82.6 Å². The first kappa shape index (κ1) is 21.8.